The van der Waals surface area contributed by atoms with Crippen LogP contribution < -0.4 is 5.73 Å². The quantitative estimate of drug-likeness (QED) is 0.842. The minimum atomic E-state index is -0.592. The van der Waals surface area contributed by atoms with Crippen LogP contribution in [0.2, 0.25) is 0 Å². The minimum absolute atomic E-state index is 0.00889. The third kappa shape index (κ3) is 1.63. The summed E-state index contributed by atoms with van der Waals surface area (Å²) in [6, 6.07) is 5.09. The fourth-order valence-electron chi connectivity index (χ4n) is 1.94. The molecule has 0 bridgehead atoms. The number of benzene rings is 1. The first-order chi connectivity index (χ1) is 8.47. The van der Waals surface area contributed by atoms with Crippen LogP contribution in [0, 0.1) is 36.8 Å². The van der Waals surface area contributed by atoms with E-state index in [0.717, 1.165) is 18.2 Å². The van der Waals surface area contributed by atoms with Gasteiger partial charge in [0.25, 0.3) is 0 Å². The van der Waals surface area contributed by atoms with Crippen molar-refractivity contribution >= 4 is 5.82 Å². The highest BCUT2D eigenvalue weighted by atomic mass is 19.1. The molecule has 1 heterocycles. The molecule has 0 aliphatic carbocycles. The standard InChI is InChI=1S/C13H11F2N3/c1-7-8(2)18(13(17)10(7)6-16)12-5-9(14)3-4-11(12)15/h3-5H,17H2,1-2H3. The molecule has 0 unspecified atom stereocenters. The van der Waals surface area contributed by atoms with Crippen molar-refractivity contribution in [2.75, 3.05) is 5.73 Å². The van der Waals surface area contributed by atoms with E-state index < -0.39 is 11.6 Å². The molecule has 1 aromatic heterocycles. The molecule has 0 spiro atoms. The topological polar surface area (TPSA) is 54.7 Å². The molecule has 0 atom stereocenters. The van der Waals surface area contributed by atoms with Gasteiger partial charge in [0.1, 0.15) is 23.5 Å². The van der Waals surface area contributed by atoms with Crippen LogP contribution in [-0.2, 0) is 0 Å². The zero-order valence-electron chi connectivity index (χ0n) is 9.96. The van der Waals surface area contributed by atoms with E-state index in [0.29, 0.717) is 11.3 Å². The van der Waals surface area contributed by atoms with E-state index in [9.17, 15) is 8.78 Å². The van der Waals surface area contributed by atoms with Crippen LogP contribution in [0.1, 0.15) is 16.8 Å². The van der Waals surface area contributed by atoms with Crippen LogP contribution in [-0.4, -0.2) is 4.57 Å². The first-order valence-corrected chi connectivity index (χ1v) is 5.30. The minimum Gasteiger partial charge on any atom is -0.384 e. The number of nitrogens with zero attached hydrogens (tertiary/aromatic N) is 2. The van der Waals surface area contributed by atoms with Gasteiger partial charge in [-0.25, -0.2) is 8.78 Å². The molecule has 0 saturated heterocycles. The van der Waals surface area contributed by atoms with Crippen LogP contribution in [0.5, 0.6) is 0 Å². The second-order valence-electron chi connectivity index (χ2n) is 4.01. The Balaban J connectivity index is 2.80. The summed E-state index contributed by atoms with van der Waals surface area (Å²) in [5.74, 6) is -1.03. The molecule has 0 fully saturated rings. The number of nitriles is 1. The van der Waals surface area contributed by atoms with Crippen LogP contribution >= 0.6 is 0 Å². The van der Waals surface area contributed by atoms with Crippen molar-refractivity contribution in [1.82, 2.24) is 4.57 Å². The summed E-state index contributed by atoms with van der Waals surface area (Å²) in [7, 11) is 0. The molecule has 2 rings (SSSR count). The number of hydrogen-bond donors (Lipinski definition) is 1. The predicted octanol–water partition coefficient (Wildman–Crippen LogP) is 2.83. The van der Waals surface area contributed by atoms with Gasteiger partial charge >= 0.3 is 0 Å². The predicted molar refractivity (Wildman–Crippen MR) is 64.3 cm³/mol. The molecule has 5 heteroatoms. The van der Waals surface area contributed by atoms with Gasteiger partial charge < -0.3 is 5.73 Å². The van der Waals surface area contributed by atoms with Gasteiger partial charge in [-0.15, -0.1) is 0 Å². The van der Waals surface area contributed by atoms with Gasteiger partial charge in [0.15, 0.2) is 0 Å². The lowest BCUT2D eigenvalue weighted by atomic mass is 10.2. The maximum absolute atomic E-state index is 13.7. The molecule has 1 aromatic carbocycles. The molecule has 2 N–H and O–H groups in total. The lowest BCUT2D eigenvalue weighted by molar-refractivity contribution is 0.592. The summed E-state index contributed by atoms with van der Waals surface area (Å²) < 4.78 is 28.3. The van der Waals surface area contributed by atoms with Crippen molar-refractivity contribution in [2.45, 2.75) is 13.8 Å². The molecular weight excluding hydrogens is 236 g/mol. The molecule has 0 aliphatic heterocycles. The third-order valence-corrected chi connectivity index (χ3v) is 3.01. The van der Waals surface area contributed by atoms with E-state index in [1.54, 1.807) is 13.8 Å². The van der Waals surface area contributed by atoms with Crippen LogP contribution in [0.4, 0.5) is 14.6 Å². The molecule has 0 saturated carbocycles. The van der Waals surface area contributed by atoms with Gasteiger partial charge in [-0.3, -0.25) is 4.57 Å². The molecular formula is C13H11F2N3. The second kappa shape index (κ2) is 4.15. The number of anilines is 1. The van der Waals surface area contributed by atoms with Crippen molar-refractivity contribution < 1.29 is 8.78 Å². The highest BCUT2D eigenvalue weighted by Gasteiger charge is 2.18. The van der Waals surface area contributed by atoms with Crippen molar-refractivity contribution in [3.63, 3.8) is 0 Å². The SMILES string of the molecule is Cc1c(C#N)c(N)n(-c2cc(F)ccc2F)c1C. The largest absolute Gasteiger partial charge is 0.384 e. The van der Waals surface area contributed by atoms with E-state index in [4.69, 9.17) is 11.0 Å². The Labute approximate surface area is 103 Å². The molecule has 0 radical (unpaired) electrons. The normalized spacial score (nSPS) is 10.4. The number of rotatable bonds is 1. The van der Waals surface area contributed by atoms with Crippen LogP contribution in [0.3, 0.4) is 0 Å². The second-order valence-corrected chi connectivity index (χ2v) is 4.01. The highest BCUT2D eigenvalue weighted by molar-refractivity contribution is 5.62. The maximum atomic E-state index is 13.7. The first-order valence-electron chi connectivity index (χ1n) is 5.30. The maximum Gasteiger partial charge on any atom is 0.147 e. The Morgan fingerprint density at radius 3 is 2.50 bits per heavy atom. The number of hydrogen-bond acceptors (Lipinski definition) is 2. The Bertz CT molecular complexity index is 666. The number of nitrogen functional groups attached to an aromatic ring is 1. The van der Waals surface area contributed by atoms with E-state index in [1.807, 2.05) is 6.07 Å². The lowest BCUT2D eigenvalue weighted by Gasteiger charge is -2.10. The summed E-state index contributed by atoms with van der Waals surface area (Å²) in [5, 5.41) is 9.00. The van der Waals surface area contributed by atoms with Gasteiger partial charge in [0.2, 0.25) is 0 Å². The lowest BCUT2D eigenvalue weighted by Crippen LogP contribution is -2.05. The fraction of sp³-hybridized carbons (Fsp3) is 0.154. The first kappa shape index (κ1) is 12.1. The Morgan fingerprint density at radius 1 is 1.28 bits per heavy atom. The van der Waals surface area contributed by atoms with Crippen molar-refractivity contribution in [3.8, 4) is 11.8 Å². The Kier molecular flexibility index (Phi) is 2.79. The van der Waals surface area contributed by atoms with Gasteiger partial charge in [-0.1, -0.05) is 0 Å². The Hall–Kier alpha value is -2.35. The van der Waals surface area contributed by atoms with Crippen molar-refractivity contribution in [2.24, 2.45) is 0 Å². The molecule has 3 nitrogen and oxygen atoms in total. The molecule has 92 valence electrons. The number of aromatic nitrogens is 1. The fourth-order valence-corrected chi connectivity index (χ4v) is 1.94. The number of halogens is 2. The van der Waals surface area contributed by atoms with E-state index >= 15 is 0 Å². The van der Waals surface area contributed by atoms with Crippen LogP contribution in [0.15, 0.2) is 18.2 Å². The molecule has 0 aliphatic rings. The van der Waals surface area contributed by atoms with E-state index in [2.05, 4.69) is 0 Å². The van der Waals surface area contributed by atoms with E-state index in [1.165, 1.54) is 4.57 Å². The van der Waals surface area contributed by atoms with Gasteiger partial charge in [-0.2, -0.15) is 5.26 Å². The van der Waals surface area contributed by atoms with Gasteiger partial charge in [0, 0.05) is 11.8 Å². The summed E-state index contributed by atoms with van der Waals surface area (Å²) in [5.41, 5.74) is 7.40. The monoisotopic (exact) mass is 247 g/mol. The highest BCUT2D eigenvalue weighted by Crippen LogP contribution is 2.28. The van der Waals surface area contributed by atoms with Crippen molar-refractivity contribution in [1.29, 1.82) is 5.26 Å². The van der Waals surface area contributed by atoms with Crippen molar-refractivity contribution in [3.05, 3.63) is 46.7 Å². The molecule has 18 heavy (non-hydrogen) atoms. The summed E-state index contributed by atoms with van der Waals surface area (Å²) in [6.45, 7) is 3.43. The zero-order valence-corrected chi connectivity index (χ0v) is 9.96. The summed E-state index contributed by atoms with van der Waals surface area (Å²) in [4.78, 5) is 0. The number of nitrogens with two attached hydrogens (primary N) is 1. The summed E-state index contributed by atoms with van der Waals surface area (Å²) in [6.07, 6.45) is 0. The van der Waals surface area contributed by atoms with Gasteiger partial charge in [-0.05, 0) is 31.5 Å². The molecule has 2 aromatic rings. The zero-order chi connectivity index (χ0) is 13.4. The molecule has 0 amide bonds. The third-order valence-electron chi connectivity index (χ3n) is 3.01. The Morgan fingerprint density at radius 2 is 1.94 bits per heavy atom. The average Bonchev–Trinajstić information content (AvgIpc) is 2.54. The van der Waals surface area contributed by atoms with Crippen LogP contribution in [0.25, 0.3) is 5.69 Å². The smallest absolute Gasteiger partial charge is 0.147 e. The van der Waals surface area contributed by atoms with E-state index in [-0.39, 0.29) is 17.1 Å². The average molecular weight is 247 g/mol. The summed E-state index contributed by atoms with van der Waals surface area (Å²) >= 11 is 0. The van der Waals surface area contributed by atoms with Gasteiger partial charge in [0.05, 0.1) is 11.3 Å².